The van der Waals surface area contributed by atoms with Crippen LogP contribution < -0.4 is 24.8 Å². The average Bonchev–Trinajstić information content (AvgIpc) is 2.41. The molecule has 0 atom stereocenters. The molecule has 0 saturated carbocycles. The van der Waals surface area contributed by atoms with Gasteiger partial charge in [-0.1, -0.05) is 18.2 Å². The minimum atomic E-state index is 0. The van der Waals surface area contributed by atoms with E-state index in [4.69, 9.17) is 0 Å². The second-order valence-corrected chi connectivity index (χ2v) is 2.01. The third-order valence-corrected chi connectivity index (χ3v) is 1.20. The number of nitrogens with one attached hydrogen (secondary N) is 1. The minimum Gasteiger partial charge on any atom is -1.00 e. The van der Waals surface area contributed by atoms with E-state index in [1.165, 1.54) is 0 Å². The van der Waals surface area contributed by atoms with Gasteiger partial charge in [0.05, 0.1) is 0 Å². The Labute approximate surface area is 106 Å². The molecule has 1 aromatic rings. The summed E-state index contributed by atoms with van der Waals surface area (Å²) in [4.78, 5) is 3.08. The van der Waals surface area contributed by atoms with E-state index in [1.54, 1.807) is 0 Å². The molecule has 70 valence electrons. The van der Waals surface area contributed by atoms with Crippen LogP contribution in [0.25, 0.3) is 6.08 Å². The Balaban J connectivity index is -0.000000333. The van der Waals surface area contributed by atoms with E-state index in [0.29, 0.717) is 0 Å². The van der Waals surface area contributed by atoms with E-state index in [0.717, 1.165) is 5.69 Å². The Morgan fingerprint density at radius 2 is 1.92 bits per heavy atom. The summed E-state index contributed by atoms with van der Waals surface area (Å²) in [5.74, 6) is 0. The molecule has 0 radical (unpaired) electrons. The van der Waals surface area contributed by atoms with E-state index in [1.807, 2.05) is 49.6 Å². The van der Waals surface area contributed by atoms with Crippen LogP contribution >= 0.6 is 0 Å². The largest absolute Gasteiger partial charge is 2.00 e. The van der Waals surface area contributed by atoms with Crippen molar-refractivity contribution in [2.75, 3.05) is 0 Å². The van der Waals surface area contributed by atoms with Crippen LogP contribution in [-0.4, -0.2) is 4.98 Å². The first-order chi connectivity index (χ1) is 4.93. The predicted molar refractivity (Wildman–Crippen MR) is 44.6 cm³/mol. The molecule has 1 N–H and O–H groups in total. The van der Waals surface area contributed by atoms with Gasteiger partial charge in [0.25, 0.3) is 0 Å². The molecule has 0 amide bonds. The Bertz CT molecular complexity index is 230. The van der Waals surface area contributed by atoms with E-state index in [9.17, 15) is 0 Å². The van der Waals surface area contributed by atoms with E-state index in [2.05, 4.69) is 4.98 Å². The van der Waals surface area contributed by atoms with Crippen molar-refractivity contribution in [3.05, 3.63) is 42.3 Å². The number of H-pyrrole nitrogens is 1. The fourth-order valence-electron chi connectivity index (χ4n) is 0.718. The van der Waals surface area contributed by atoms with Crippen molar-refractivity contribution in [3.63, 3.8) is 0 Å². The molecule has 0 unspecified atom stereocenters. The molecule has 0 bridgehead atoms. The number of allylic oxidation sites excluding steroid dienone is 3. The van der Waals surface area contributed by atoms with Gasteiger partial charge in [-0.05, 0) is 25.1 Å². The molecular formula is C9H11Cl2NTi. The zero-order valence-corrected chi connectivity index (χ0v) is 10.4. The van der Waals surface area contributed by atoms with E-state index < -0.39 is 0 Å². The third kappa shape index (κ3) is 8.39. The maximum atomic E-state index is 3.08. The SMILES string of the molecule is CC=CC=Cc1ccc[nH]1.[Cl-].[Cl-].[Ti+2]. The molecule has 0 aromatic carbocycles. The molecule has 1 rings (SSSR count). The number of halogens is 2. The van der Waals surface area contributed by atoms with Gasteiger partial charge >= 0.3 is 21.7 Å². The molecular weight excluding hydrogens is 241 g/mol. The number of hydrogen-bond acceptors (Lipinski definition) is 0. The molecule has 0 aliphatic heterocycles. The first-order valence-electron chi connectivity index (χ1n) is 3.36. The van der Waals surface area contributed by atoms with Gasteiger partial charge in [-0.3, -0.25) is 0 Å². The summed E-state index contributed by atoms with van der Waals surface area (Å²) in [6, 6.07) is 4.01. The van der Waals surface area contributed by atoms with Crippen LogP contribution in [0.5, 0.6) is 0 Å². The van der Waals surface area contributed by atoms with E-state index in [-0.39, 0.29) is 46.5 Å². The van der Waals surface area contributed by atoms with Crippen LogP contribution in [0, 0.1) is 0 Å². The second kappa shape index (κ2) is 12.1. The van der Waals surface area contributed by atoms with Gasteiger partial charge in [-0.25, -0.2) is 0 Å². The molecule has 4 heteroatoms. The Hall–Kier alpha value is 0.0543. The van der Waals surface area contributed by atoms with Gasteiger partial charge in [-0.2, -0.15) is 0 Å². The molecule has 1 aromatic heterocycles. The molecule has 13 heavy (non-hydrogen) atoms. The molecule has 0 aliphatic rings. The summed E-state index contributed by atoms with van der Waals surface area (Å²) in [6.45, 7) is 2.00. The van der Waals surface area contributed by atoms with Crippen molar-refractivity contribution in [2.24, 2.45) is 0 Å². The summed E-state index contributed by atoms with van der Waals surface area (Å²) in [7, 11) is 0. The first-order valence-corrected chi connectivity index (χ1v) is 3.36. The van der Waals surface area contributed by atoms with Gasteiger partial charge in [0.15, 0.2) is 0 Å². The van der Waals surface area contributed by atoms with Crippen LogP contribution in [-0.2, 0) is 21.7 Å². The van der Waals surface area contributed by atoms with Crippen LogP contribution in [0.4, 0.5) is 0 Å². The summed E-state index contributed by atoms with van der Waals surface area (Å²) in [6.07, 6.45) is 9.95. The van der Waals surface area contributed by atoms with Gasteiger partial charge in [0, 0.05) is 11.9 Å². The van der Waals surface area contributed by atoms with Crippen molar-refractivity contribution >= 4 is 6.08 Å². The number of aromatic nitrogens is 1. The van der Waals surface area contributed by atoms with Crippen molar-refractivity contribution in [1.82, 2.24) is 4.98 Å². The maximum Gasteiger partial charge on any atom is 2.00 e. The molecule has 0 saturated heterocycles. The summed E-state index contributed by atoms with van der Waals surface area (Å²) in [5.41, 5.74) is 1.14. The van der Waals surface area contributed by atoms with Gasteiger partial charge < -0.3 is 29.8 Å². The normalized spacial score (nSPS) is 9.00. The maximum absolute atomic E-state index is 3.08. The van der Waals surface area contributed by atoms with Crippen LogP contribution in [0.15, 0.2) is 36.6 Å². The summed E-state index contributed by atoms with van der Waals surface area (Å²) in [5, 5.41) is 0. The molecule has 1 nitrogen and oxygen atoms in total. The van der Waals surface area contributed by atoms with Crippen LogP contribution in [0.1, 0.15) is 12.6 Å². The zero-order chi connectivity index (χ0) is 7.23. The van der Waals surface area contributed by atoms with Crippen molar-refractivity contribution < 1.29 is 46.5 Å². The van der Waals surface area contributed by atoms with Crippen molar-refractivity contribution in [1.29, 1.82) is 0 Å². The molecule has 0 fully saturated rings. The van der Waals surface area contributed by atoms with Gasteiger partial charge in [0.2, 0.25) is 0 Å². The molecule has 0 spiro atoms. The standard InChI is InChI=1S/C9H11N.2ClH.Ti/c1-2-3-4-6-9-7-5-8-10-9;;;/h2-8,10H,1H3;2*1H;/q;;;+2/p-2. The van der Waals surface area contributed by atoms with Gasteiger partial charge in [-0.15, -0.1) is 0 Å². The number of rotatable bonds is 2. The fourth-order valence-corrected chi connectivity index (χ4v) is 0.718. The van der Waals surface area contributed by atoms with Crippen LogP contribution in [0.2, 0.25) is 0 Å². The monoisotopic (exact) mass is 251 g/mol. The Kier molecular flexibility index (Phi) is 17.4. The quantitative estimate of drug-likeness (QED) is 0.417. The smallest absolute Gasteiger partial charge is 1.00 e. The zero-order valence-electron chi connectivity index (χ0n) is 7.30. The number of aromatic amines is 1. The van der Waals surface area contributed by atoms with Gasteiger partial charge in [0.1, 0.15) is 0 Å². The van der Waals surface area contributed by atoms with Crippen LogP contribution in [0.3, 0.4) is 0 Å². The third-order valence-electron chi connectivity index (χ3n) is 1.20. The Morgan fingerprint density at radius 3 is 2.38 bits per heavy atom. The Morgan fingerprint density at radius 1 is 1.23 bits per heavy atom. The fraction of sp³-hybridized carbons (Fsp3) is 0.111. The van der Waals surface area contributed by atoms with E-state index >= 15 is 0 Å². The molecule has 0 aliphatic carbocycles. The first kappa shape index (κ1) is 18.8. The average molecular weight is 252 g/mol. The summed E-state index contributed by atoms with van der Waals surface area (Å²) < 4.78 is 0. The minimum absolute atomic E-state index is 0. The van der Waals surface area contributed by atoms with Crippen molar-refractivity contribution in [3.8, 4) is 0 Å². The molecule has 1 heterocycles. The van der Waals surface area contributed by atoms with Crippen molar-refractivity contribution in [2.45, 2.75) is 6.92 Å². The number of hydrogen-bond donors (Lipinski definition) is 1. The topological polar surface area (TPSA) is 15.8 Å². The predicted octanol–water partition coefficient (Wildman–Crippen LogP) is -3.39. The summed E-state index contributed by atoms with van der Waals surface area (Å²) >= 11 is 0. The second-order valence-electron chi connectivity index (χ2n) is 2.01.